The van der Waals surface area contributed by atoms with Crippen LogP contribution in [-0.4, -0.2) is 35.4 Å². The minimum atomic E-state index is -1.01. The van der Waals surface area contributed by atoms with Gasteiger partial charge in [-0.05, 0) is 30.7 Å². The molecule has 2 aromatic rings. The second kappa shape index (κ2) is 8.66. The lowest BCUT2D eigenvalue weighted by Crippen LogP contribution is -2.31. The molecule has 1 unspecified atom stereocenters. The summed E-state index contributed by atoms with van der Waals surface area (Å²) in [6.45, 7) is 2.23. The smallest absolute Gasteiger partial charge is 0.295 e. The lowest BCUT2D eigenvalue weighted by atomic mass is 9.94. The highest BCUT2D eigenvalue weighted by Crippen LogP contribution is 2.41. The van der Waals surface area contributed by atoms with E-state index in [0.29, 0.717) is 17.2 Å². The predicted octanol–water partition coefficient (Wildman–Crippen LogP) is 4.71. The van der Waals surface area contributed by atoms with Crippen molar-refractivity contribution in [3.8, 4) is 5.75 Å². The maximum atomic E-state index is 14.6. The Morgan fingerprint density at radius 1 is 1.24 bits per heavy atom. The van der Waals surface area contributed by atoms with E-state index < -0.39 is 29.3 Å². The molecule has 0 saturated carbocycles. The van der Waals surface area contributed by atoms with Gasteiger partial charge in [0.05, 0.1) is 23.7 Å². The van der Waals surface area contributed by atoms with Gasteiger partial charge in [-0.1, -0.05) is 43.1 Å². The average molecular weight is 418 g/mol. The fraction of sp³-hybridized carbons (Fsp3) is 0.273. The SMILES string of the molecule is CCCCN1C(=O)C(=O)/C(=C(/O)c2ccc(Cl)c(OC)c2)C1c1ccccc1F. The molecule has 3 rings (SSSR count). The van der Waals surface area contributed by atoms with E-state index in [9.17, 15) is 19.1 Å². The van der Waals surface area contributed by atoms with Crippen molar-refractivity contribution in [3.63, 3.8) is 0 Å². The first kappa shape index (κ1) is 20.9. The van der Waals surface area contributed by atoms with Crippen molar-refractivity contribution in [1.82, 2.24) is 4.90 Å². The number of aliphatic hydroxyl groups excluding tert-OH is 1. The number of Topliss-reactive ketones (excluding diaryl/α,β-unsaturated/α-hetero) is 1. The number of likely N-dealkylation sites (tertiary alicyclic amines) is 1. The van der Waals surface area contributed by atoms with Crippen LogP contribution in [0.1, 0.15) is 36.9 Å². The van der Waals surface area contributed by atoms with Gasteiger partial charge in [0.2, 0.25) is 0 Å². The largest absolute Gasteiger partial charge is 0.507 e. The normalized spacial score (nSPS) is 18.3. The molecule has 1 fully saturated rings. The minimum Gasteiger partial charge on any atom is -0.507 e. The highest BCUT2D eigenvalue weighted by Gasteiger charge is 2.46. The van der Waals surface area contributed by atoms with Crippen molar-refractivity contribution < 1.29 is 23.8 Å². The van der Waals surface area contributed by atoms with Gasteiger partial charge in [0.1, 0.15) is 17.3 Å². The van der Waals surface area contributed by atoms with Crippen LogP contribution >= 0.6 is 11.6 Å². The van der Waals surface area contributed by atoms with Crippen LogP contribution in [0.25, 0.3) is 5.76 Å². The Bertz CT molecular complexity index is 989. The molecule has 0 radical (unpaired) electrons. The Morgan fingerprint density at radius 2 is 1.97 bits per heavy atom. The zero-order chi connectivity index (χ0) is 21.1. The number of aliphatic hydroxyl groups is 1. The molecular formula is C22H21ClFNO4. The van der Waals surface area contributed by atoms with E-state index in [-0.39, 0.29) is 23.2 Å². The number of halogens is 2. The molecule has 1 heterocycles. The third-order valence-corrected chi connectivity index (χ3v) is 5.23. The molecule has 7 heteroatoms. The standard InChI is InChI=1S/C22H21ClFNO4/c1-3-4-11-25-19(14-7-5-6-8-16(14)24)18(21(27)22(25)28)20(26)13-9-10-15(23)17(12-13)29-2/h5-10,12,19,26H,3-4,11H2,1-2H3/b20-18+. The molecule has 1 N–H and O–H groups in total. The molecule has 0 bridgehead atoms. The maximum absolute atomic E-state index is 14.6. The molecule has 1 aliphatic heterocycles. The molecule has 29 heavy (non-hydrogen) atoms. The number of ether oxygens (including phenoxy) is 1. The van der Waals surface area contributed by atoms with Crippen molar-refractivity contribution in [2.24, 2.45) is 0 Å². The van der Waals surface area contributed by atoms with E-state index >= 15 is 0 Å². The summed E-state index contributed by atoms with van der Waals surface area (Å²) < 4.78 is 19.8. The molecule has 1 aliphatic rings. The molecule has 0 aliphatic carbocycles. The summed E-state index contributed by atoms with van der Waals surface area (Å²) in [5.74, 6) is -2.25. The number of unbranched alkanes of at least 4 members (excludes halogenated alkanes) is 1. The molecule has 5 nitrogen and oxygen atoms in total. The average Bonchev–Trinajstić information content (AvgIpc) is 2.97. The number of benzene rings is 2. The second-order valence-corrected chi connectivity index (χ2v) is 7.12. The monoisotopic (exact) mass is 417 g/mol. The minimum absolute atomic E-state index is 0.152. The summed E-state index contributed by atoms with van der Waals surface area (Å²) >= 11 is 6.04. The first-order chi connectivity index (χ1) is 13.9. The predicted molar refractivity (Wildman–Crippen MR) is 108 cm³/mol. The van der Waals surface area contributed by atoms with Crippen LogP contribution in [0.5, 0.6) is 5.75 Å². The summed E-state index contributed by atoms with van der Waals surface area (Å²) in [7, 11) is 1.42. The summed E-state index contributed by atoms with van der Waals surface area (Å²) in [4.78, 5) is 26.8. The first-order valence-electron chi connectivity index (χ1n) is 9.27. The molecule has 1 saturated heterocycles. The van der Waals surface area contributed by atoms with Crippen LogP contribution in [0.15, 0.2) is 48.0 Å². The third kappa shape index (κ3) is 3.85. The van der Waals surface area contributed by atoms with E-state index in [2.05, 4.69) is 0 Å². The van der Waals surface area contributed by atoms with Gasteiger partial charge in [0.25, 0.3) is 11.7 Å². The Hall–Kier alpha value is -2.86. The Kier molecular flexibility index (Phi) is 6.23. The van der Waals surface area contributed by atoms with Gasteiger partial charge in [0, 0.05) is 17.7 Å². The van der Waals surface area contributed by atoms with Crippen molar-refractivity contribution in [2.75, 3.05) is 13.7 Å². The topological polar surface area (TPSA) is 66.8 Å². The highest BCUT2D eigenvalue weighted by molar-refractivity contribution is 6.46. The van der Waals surface area contributed by atoms with E-state index in [0.717, 1.165) is 6.42 Å². The van der Waals surface area contributed by atoms with Gasteiger partial charge in [0.15, 0.2) is 0 Å². The number of amides is 1. The van der Waals surface area contributed by atoms with Crippen LogP contribution in [0.4, 0.5) is 4.39 Å². The Morgan fingerprint density at radius 3 is 2.62 bits per heavy atom. The molecule has 0 aromatic heterocycles. The number of rotatable bonds is 6. The van der Waals surface area contributed by atoms with Crippen LogP contribution in [0, 0.1) is 5.82 Å². The third-order valence-electron chi connectivity index (χ3n) is 4.92. The molecular weight excluding hydrogens is 397 g/mol. The number of methoxy groups -OCH3 is 1. The lowest BCUT2D eigenvalue weighted by molar-refractivity contribution is -0.139. The van der Waals surface area contributed by atoms with E-state index in [1.54, 1.807) is 6.07 Å². The van der Waals surface area contributed by atoms with Crippen LogP contribution in [0.2, 0.25) is 5.02 Å². The second-order valence-electron chi connectivity index (χ2n) is 6.72. The molecule has 1 atom stereocenters. The zero-order valence-corrected chi connectivity index (χ0v) is 16.9. The number of hydrogen-bond donors (Lipinski definition) is 1. The van der Waals surface area contributed by atoms with Crippen molar-refractivity contribution >= 4 is 29.1 Å². The number of ketones is 1. The first-order valence-corrected chi connectivity index (χ1v) is 9.65. The van der Waals surface area contributed by atoms with Gasteiger partial charge in [-0.15, -0.1) is 0 Å². The molecule has 1 amide bonds. The molecule has 0 spiro atoms. The van der Waals surface area contributed by atoms with Crippen molar-refractivity contribution in [2.45, 2.75) is 25.8 Å². The Labute approximate surface area is 173 Å². The Balaban J connectivity index is 2.20. The van der Waals surface area contributed by atoms with E-state index in [1.165, 1.54) is 48.4 Å². The number of hydrogen-bond acceptors (Lipinski definition) is 4. The van der Waals surface area contributed by atoms with Gasteiger partial charge in [-0.25, -0.2) is 4.39 Å². The van der Waals surface area contributed by atoms with Crippen molar-refractivity contribution in [3.05, 3.63) is 70.0 Å². The quantitative estimate of drug-likeness (QED) is 0.420. The summed E-state index contributed by atoms with van der Waals surface area (Å²) in [6.07, 6.45) is 1.44. The van der Waals surface area contributed by atoms with Gasteiger partial charge in [-0.2, -0.15) is 0 Å². The number of carbonyl (C=O) groups is 2. The van der Waals surface area contributed by atoms with Crippen LogP contribution in [0.3, 0.4) is 0 Å². The van der Waals surface area contributed by atoms with Gasteiger partial charge < -0.3 is 14.7 Å². The molecule has 2 aromatic carbocycles. The molecule has 152 valence electrons. The van der Waals surface area contributed by atoms with Crippen molar-refractivity contribution in [1.29, 1.82) is 0 Å². The lowest BCUT2D eigenvalue weighted by Gasteiger charge is -2.25. The summed E-state index contributed by atoms with van der Waals surface area (Å²) in [5, 5.41) is 11.3. The van der Waals surface area contributed by atoms with Gasteiger partial charge >= 0.3 is 0 Å². The van der Waals surface area contributed by atoms with E-state index in [1.807, 2.05) is 6.92 Å². The number of carbonyl (C=O) groups excluding carboxylic acids is 2. The van der Waals surface area contributed by atoms with Crippen LogP contribution < -0.4 is 4.74 Å². The summed E-state index contributed by atoms with van der Waals surface area (Å²) in [6, 6.07) is 9.42. The highest BCUT2D eigenvalue weighted by atomic mass is 35.5. The van der Waals surface area contributed by atoms with Crippen LogP contribution in [-0.2, 0) is 9.59 Å². The fourth-order valence-electron chi connectivity index (χ4n) is 3.42. The van der Waals surface area contributed by atoms with E-state index in [4.69, 9.17) is 16.3 Å². The zero-order valence-electron chi connectivity index (χ0n) is 16.1. The summed E-state index contributed by atoms with van der Waals surface area (Å²) in [5.41, 5.74) is 0.256. The fourth-order valence-corrected chi connectivity index (χ4v) is 3.62. The number of nitrogens with zero attached hydrogens (tertiary/aromatic N) is 1. The van der Waals surface area contributed by atoms with Gasteiger partial charge in [-0.3, -0.25) is 9.59 Å². The maximum Gasteiger partial charge on any atom is 0.295 e.